The van der Waals surface area contributed by atoms with Gasteiger partial charge in [0.15, 0.2) is 17.2 Å². The number of hydrogen-bond donors (Lipinski definition) is 0. The van der Waals surface area contributed by atoms with E-state index in [1.165, 1.54) is 12.1 Å². The van der Waals surface area contributed by atoms with Crippen LogP contribution in [0.5, 0.6) is 0 Å². The Kier molecular flexibility index (Phi) is 3.77. The molecule has 3 aliphatic rings. The van der Waals surface area contributed by atoms with Crippen LogP contribution in [0.15, 0.2) is 30.5 Å². The largest absolute Gasteiger partial charge is 0.434 e. The van der Waals surface area contributed by atoms with E-state index in [0.717, 1.165) is 18.4 Å². The van der Waals surface area contributed by atoms with Gasteiger partial charge in [-0.3, -0.25) is 9.78 Å². The fourth-order valence-corrected chi connectivity index (χ4v) is 4.13. The summed E-state index contributed by atoms with van der Waals surface area (Å²) in [6.07, 6.45) is -2.86. The zero-order valence-corrected chi connectivity index (χ0v) is 15.3. The number of hydrogen-bond acceptors (Lipinski definition) is 6. The number of carbonyl (C=O) groups excluding carboxylic acids is 1. The summed E-state index contributed by atoms with van der Waals surface area (Å²) in [6.45, 7) is 2.81. The molecule has 0 aromatic carbocycles. The first-order chi connectivity index (χ1) is 13.8. The van der Waals surface area contributed by atoms with Gasteiger partial charge in [0.2, 0.25) is 0 Å². The van der Waals surface area contributed by atoms with Crippen LogP contribution in [-0.2, 0) is 6.18 Å². The Morgan fingerprint density at radius 3 is 2.62 bits per heavy atom. The zero-order chi connectivity index (χ0) is 20.3. The molecule has 0 saturated carbocycles. The second-order valence-electron chi connectivity index (χ2n) is 7.27. The molecule has 2 bridgehead atoms. The molecule has 3 saturated heterocycles. The van der Waals surface area contributed by atoms with Crippen molar-refractivity contribution in [2.24, 2.45) is 0 Å². The van der Waals surface area contributed by atoms with Crippen LogP contribution < -0.4 is 4.90 Å². The van der Waals surface area contributed by atoms with Gasteiger partial charge in [0, 0.05) is 19.3 Å². The first-order valence-corrected chi connectivity index (χ1v) is 9.12. The third kappa shape index (κ3) is 2.79. The molecule has 6 heterocycles. The van der Waals surface area contributed by atoms with E-state index in [-0.39, 0.29) is 12.1 Å². The molecule has 3 aliphatic heterocycles. The predicted molar refractivity (Wildman–Crippen MR) is 95.3 cm³/mol. The maximum absolute atomic E-state index is 13.2. The lowest BCUT2D eigenvalue weighted by Crippen LogP contribution is -2.70. The number of alkyl halides is 3. The van der Waals surface area contributed by atoms with Gasteiger partial charge in [-0.15, -0.1) is 15.3 Å². The number of pyridine rings is 1. The number of anilines is 1. The summed E-state index contributed by atoms with van der Waals surface area (Å²) < 4.78 is 41.4. The normalized spacial score (nSPS) is 21.4. The average Bonchev–Trinajstić information content (AvgIpc) is 3.07. The summed E-state index contributed by atoms with van der Waals surface area (Å²) in [5, 5.41) is 12.5. The summed E-state index contributed by atoms with van der Waals surface area (Å²) in [6, 6.07) is 5.86. The first kappa shape index (κ1) is 17.8. The molecule has 0 spiro atoms. The fourth-order valence-electron chi connectivity index (χ4n) is 4.13. The number of rotatable bonds is 2. The molecular weight excluding hydrogens is 387 g/mol. The average molecular weight is 403 g/mol. The van der Waals surface area contributed by atoms with E-state index in [1.807, 2.05) is 17.0 Å². The monoisotopic (exact) mass is 403 g/mol. The Morgan fingerprint density at radius 2 is 1.90 bits per heavy atom. The molecule has 0 radical (unpaired) electrons. The van der Waals surface area contributed by atoms with Gasteiger partial charge < -0.3 is 9.80 Å². The summed E-state index contributed by atoms with van der Waals surface area (Å²) in [5.74, 6) is 0.765. The van der Waals surface area contributed by atoms with Crippen molar-refractivity contribution in [2.45, 2.75) is 31.6 Å². The second kappa shape index (κ2) is 6.13. The van der Waals surface area contributed by atoms with Crippen molar-refractivity contribution in [2.75, 3.05) is 18.0 Å². The van der Waals surface area contributed by atoms with E-state index < -0.39 is 23.3 Å². The Bertz CT molecular complexity index is 1100. The van der Waals surface area contributed by atoms with Crippen molar-refractivity contribution in [3.8, 4) is 0 Å². The first-order valence-electron chi connectivity index (χ1n) is 9.12. The van der Waals surface area contributed by atoms with E-state index in [1.54, 1.807) is 16.3 Å². The van der Waals surface area contributed by atoms with Crippen LogP contribution in [0.25, 0.3) is 5.65 Å². The minimum Gasteiger partial charge on any atom is -0.351 e. The minimum atomic E-state index is -4.67. The number of piperazine rings is 1. The van der Waals surface area contributed by atoms with E-state index >= 15 is 0 Å². The summed E-state index contributed by atoms with van der Waals surface area (Å²) in [4.78, 5) is 19.8. The fraction of sp³-hybridized carbons (Fsp3) is 0.389. The number of aromatic nitrogens is 5. The Hall–Kier alpha value is -3.24. The number of amides is 1. The molecule has 0 N–H and O–H groups in total. The van der Waals surface area contributed by atoms with Crippen molar-refractivity contribution in [1.29, 1.82) is 0 Å². The van der Waals surface area contributed by atoms with Gasteiger partial charge in [-0.1, -0.05) is 0 Å². The van der Waals surface area contributed by atoms with Gasteiger partial charge >= 0.3 is 6.18 Å². The predicted octanol–water partition coefficient (Wildman–Crippen LogP) is 1.95. The minimum absolute atomic E-state index is 0.165. The quantitative estimate of drug-likeness (QED) is 0.651. The highest BCUT2D eigenvalue weighted by Crippen LogP contribution is 2.37. The lowest BCUT2D eigenvalue weighted by molar-refractivity contribution is -0.141. The van der Waals surface area contributed by atoms with Crippen molar-refractivity contribution >= 4 is 17.4 Å². The Morgan fingerprint density at radius 1 is 1.14 bits per heavy atom. The van der Waals surface area contributed by atoms with Crippen LogP contribution in [0, 0.1) is 6.92 Å². The van der Waals surface area contributed by atoms with Gasteiger partial charge in [0.1, 0.15) is 5.82 Å². The van der Waals surface area contributed by atoms with E-state index in [9.17, 15) is 18.0 Å². The highest BCUT2D eigenvalue weighted by molar-refractivity contribution is 5.96. The standard InChI is InChI=1S/C18H16F3N7O/c1-10-23-24-14-4-5-15(25-28(10)14)26-8-11-7-12(9-26)27(11)17(29)13-3-2-6-22-16(13)18(19,20)21/h2-6,11-12H,7-9H2,1H3. The van der Waals surface area contributed by atoms with Gasteiger partial charge in [0.25, 0.3) is 5.91 Å². The van der Waals surface area contributed by atoms with E-state index in [4.69, 9.17) is 0 Å². The van der Waals surface area contributed by atoms with Crippen LogP contribution in [-0.4, -0.2) is 60.8 Å². The third-order valence-electron chi connectivity index (χ3n) is 5.46. The maximum Gasteiger partial charge on any atom is 0.434 e. The van der Waals surface area contributed by atoms with Crippen molar-refractivity contribution in [3.63, 3.8) is 0 Å². The van der Waals surface area contributed by atoms with Crippen LogP contribution in [0.3, 0.4) is 0 Å². The second-order valence-corrected chi connectivity index (χ2v) is 7.27. The molecule has 6 rings (SSSR count). The molecule has 3 aromatic rings. The highest BCUT2D eigenvalue weighted by atomic mass is 19.4. The van der Waals surface area contributed by atoms with Crippen molar-refractivity contribution < 1.29 is 18.0 Å². The van der Waals surface area contributed by atoms with Gasteiger partial charge in [-0.25, -0.2) is 0 Å². The van der Waals surface area contributed by atoms with Crippen LogP contribution in [0.1, 0.15) is 28.3 Å². The molecular formula is C18H16F3N7O. The number of fused-ring (bicyclic) bond motifs is 3. The third-order valence-corrected chi connectivity index (χ3v) is 5.46. The summed E-state index contributed by atoms with van der Waals surface area (Å²) in [7, 11) is 0. The molecule has 0 aliphatic carbocycles. The van der Waals surface area contributed by atoms with Crippen LogP contribution in [0.2, 0.25) is 0 Å². The number of carbonyl (C=O) groups is 1. The Labute approximate surface area is 163 Å². The Balaban J connectivity index is 1.38. The SMILES string of the molecule is Cc1nnc2ccc(N3CC4CC(C3)N4C(=O)c3cccnc3C(F)(F)F)nn12. The number of piperidine rings is 1. The van der Waals surface area contributed by atoms with Crippen molar-refractivity contribution in [3.05, 3.63) is 47.5 Å². The number of halogens is 3. The molecule has 2 atom stereocenters. The van der Waals surface area contributed by atoms with E-state index in [0.29, 0.717) is 24.6 Å². The molecule has 11 heteroatoms. The van der Waals surface area contributed by atoms with Gasteiger partial charge in [-0.05, 0) is 37.6 Å². The molecule has 8 nitrogen and oxygen atoms in total. The molecule has 3 fully saturated rings. The van der Waals surface area contributed by atoms with Crippen LogP contribution in [0.4, 0.5) is 19.0 Å². The van der Waals surface area contributed by atoms with E-state index in [2.05, 4.69) is 20.3 Å². The van der Waals surface area contributed by atoms with Gasteiger partial charge in [-0.2, -0.15) is 17.7 Å². The molecule has 2 unspecified atom stereocenters. The summed E-state index contributed by atoms with van der Waals surface area (Å²) >= 11 is 0. The topological polar surface area (TPSA) is 79.5 Å². The maximum atomic E-state index is 13.2. The van der Waals surface area contributed by atoms with Crippen molar-refractivity contribution in [1.82, 2.24) is 29.7 Å². The molecule has 1 amide bonds. The zero-order valence-electron chi connectivity index (χ0n) is 15.3. The lowest BCUT2D eigenvalue weighted by Gasteiger charge is -2.56. The van der Waals surface area contributed by atoms with Crippen LogP contribution >= 0.6 is 0 Å². The molecule has 150 valence electrons. The highest BCUT2D eigenvalue weighted by Gasteiger charge is 2.49. The van der Waals surface area contributed by atoms with Gasteiger partial charge in [0.05, 0.1) is 17.6 Å². The molecule has 29 heavy (non-hydrogen) atoms. The smallest absolute Gasteiger partial charge is 0.351 e. The summed E-state index contributed by atoms with van der Waals surface area (Å²) in [5.41, 5.74) is -0.897. The number of nitrogens with zero attached hydrogens (tertiary/aromatic N) is 7. The molecule has 3 aromatic heterocycles. The lowest BCUT2D eigenvalue weighted by atomic mass is 9.86. The number of aryl methyl sites for hydroxylation is 1.